The molecular weight excluding hydrogens is 357 g/mol. The molecule has 1 aliphatic rings. The minimum atomic E-state index is -0.313. The number of rotatable bonds is 5. The van der Waals surface area contributed by atoms with E-state index in [9.17, 15) is 9.18 Å². The Labute approximate surface area is 163 Å². The van der Waals surface area contributed by atoms with Gasteiger partial charge >= 0.3 is 5.56 Å². The highest BCUT2D eigenvalue weighted by Gasteiger charge is 2.14. The molecule has 0 unspecified atom stereocenters. The normalized spacial score (nSPS) is 14.4. The number of nitrogens with zero attached hydrogens (tertiary/aromatic N) is 3. The van der Waals surface area contributed by atoms with E-state index in [0.29, 0.717) is 11.3 Å². The maximum Gasteiger partial charge on any atom is 0.313 e. The number of benzene rings is 2. The van der Waals surface area contributed by atoms with Crippen LogP contribution in [0.2, 0.25) is 0 Å². The summed E-state index contributed by atoms with van der Waals surface area (Å²) in [5.41, 5.74) is 2.13. The molecule has 2 aromatic carbocycles. The van der Waals surface area contributed by atoms with Crippen molar-refractivity contribution in [2.75, 3.05) is 13.1 Å². The summed E-state index contributed by atoms with van der Waals surface area (Å²) in [7, 11) is 1.64. The molecule has 0 amide bonds. The summed E-state index contributed by atoms with van der Waals surface area (Å²) in [5.74, 6) is 0.238. The molecule has 28 heavy (non-hydrogen) atoms. The van der Waals surface area contributed by atoms with Gasteiger partial charge in [0, 0.05) is 31.5 Å². The Kier molecular flexibility index (Phi) is 5.21. The molecule has 5 nitrogen and oxygen atoms in total. The van der Waals surface area contributed by atoms with Crippen LogP contribution in [0, 0.1) is 5.82 Å². The molecule has 0 spiro atoms. The first kappa shape index (κ1) is 18.4. The number of aryl methyl sites for hydroxylation is 1. The van der Waals surface area contributed by atoms with Gasteiger partial charge in [-0.3, -0.25) is 9.69 Å². The van der Waals surface area contributed by atoms with Gasteiger partial charge in [0.1, 0.15) is 11.6 Å². The maximum absolute atomic E-state index is 14.4. The van der Waals surface area contributed by atoms with Crippen molar-refractivity contribution in [3.63, 3.8) is 0 Å². The zero-order valence-corrected chi connectivity index (χ0v) is 15.8. The fourth-order valence-electron chi connectivity index (χ4n) is 3.45. The first-order valence-corrected chi connectivity index (χ1v) is 9.41. The van der Waals surface area contributed by atoms with Crippen molar-refractivity contribution in [2.24, 2.45) is 7.05 Å². The number of halogens is 1. The molecule has 1 saturated heterocycles. The second kappa shape index (κ2) is 7.94. The number of hydrogen-bond donors (Lipinski definition) is 0. The zero-order chi connectivity index (χ0) is 19.5. The van der Waals surface area contributed by atoms with Crippen molar-refractivity contribution in [2.45, 2.75) is 19.4 Å². The summed E-state index contributed by atoms with van der Waals surface area (Å²) in [6.45, 7) is 3.05. The monoisotopic (exact) mass is 379 g/mol. The third kappa shape index (κ3) is 3.97. The predicted molar refractivity (Wildman–Crippen MR) is 106 cm³/mol. The van der Waals surface area contributed by atoms with Crippen molar-refractivity contribution in [3.8, 4) is 22.8 Å². The van der Waals surface area contributed by atoms with Crippen LogP contribution in [0.3, 0.4) is 0 Å². The largest absolute Gasteiger partial charge is 0.435 e. The Morgan fingerprint density at radius 2 is 1.86 bits per heavy atom. The van der Waals surface area contributed by atoms with Gasteiger partial charge in [0.05, 0.1) is 0 Å². The van der Waals surface area contributed by atoms with E-state index < -0.39 is 0 Å². The zero-order valence-electron chi connectivity index (χ0n) is 15.8. The van der Waals surface area contributed by atoms with Crippen LogP contribution in [-0.4, -0.2) is 27.5 Å². The lowest BCUT2D eigenvalue weighted by molar-refractivity contribution is 0.331. The van der Waals surface area contributed by atoms with Crippen molar-refractivity contribution in [3.05, 3.63) is 76.6 Å². The van der Waals surface area contributed by atoms with Crippen molar-refractivity contribution < 1.29 is 9.13 Å². The standard InChI is InChI=1S/C22H22FN3O2/c1-25-13-10-24-21(22(25)27)28-18-7-5-17(6-8-18)19-14-16(4-9-20(19)23)15-26-11-2-3-12-26/h4-10,13-14H,2-3,11-12,15H2,1H3. The van der Waals surface area contributed by atoms with E-state index in [2.05, 4.69) is 9.88 Å². The predicted octanol–water partition coefficient (Wildman–Crippen LogP) is 3.97. The van der Waals surface area contributed by atoms with Crippen molar-refractivity contribution in [1.82, 2.24) is 14.5 Å². The minimum absolute atomic E-state index is 0.0107. The van der Waals surface area contributed by atoms with Crippen LogP contribution in [0.25, 0.3) is 11.1 Å². The molecule has 0 saturated carbocycles. The molecular formula is C22H22FN3O2. The molecule has 1 aromatic heterocycles. The van der Waals surface area contributed by atoms with Gasteiger partial charge in [-0.25, -0.2) is 9.37 Å². The van der Waals surface area contributed by atoms with Crippen LogP contribution in [0.15, 0.2) is 59.7 Å². The van der Waals surface area contributed by atoms with Gasteiger partial charge in [-0.15, -0.1) is 0 Å². The van der Waals surface area contributed by atoms with Crippen LogP contribution >= 0.6 is 0 Å². The fourth-order valence-corrected chi connectivity index (χ4v) is 3.45. The molecule has 0 aliphatic carbocycles. The molecule has 4 rings (SSSR count). The second-order valence-corrected chi connectivity index (χ2v) is 7.07. The third-order valence-electron chi connectivity index (χ3n) is 5.00. The van der Waals surface area contributed by atoms with Crippen LogP contribution < -0.4 is 10.3 Å². The van der Waals surface area contributed by atoms with E-state index in [1.165, 1.54) is 29.7 Å². The third-order valence-corrected chi connectivity index (χ3v) is 5.00. The highest BCUT2D eigenvalue weighted by atomic mass is 19.1. The van der Waals surface area contributed by atoms with Crippen LogP contribution in [0.5, 0.6) is 11.6 Å². The number of aromatic nitrogens is 2. The Morgan fingerprint density at radius 3 is 2.61 bits per heavy atom. The molecule has 6 heteroatoms. The van der Waals surface area contributed by atoms with E-state index >= 15 is 0 Å². The molecule has 0 N–H and O–H groups in total. The smallest absolute Gasteiger partial charge is 0.313 e. The van der Waals surface area contributed by atoms with Crippen LogP contribution in [-0.2, 0) is 13.6 Å². The lowest BCUT2D eigenvalue weighted by Crippen LogP contribution is -2.18. The van der Waals surface area contributed by atoms with E-state index in [0.717, 1.165) is 30.8 Å². The fraction of sp³-hybridized carbons (Fsp3) is 0.273. The van der Waals surface area contributed by atoms with Crippen LogP contribution in [0.4, 0.5) is 4.39 Å². The van der Waals surface area contributed by atoms with Gasteiger partial charge in [0.2, 0.25) is 0 Å². The molecule has 2 heterocycles. The number of hydrogen-bond acceptors (Lipinski definition) is 4. The molecule has 0 bridgehead atoms. The Bertz CT molecular complexity index is 1020. The highest BCUT2D eigenvalue weighted by molar-refractivity contribution is 5.65. The Balaban J connectivity index is 1.54. The summed E-state index contributed by atoms with van der Waals surface area (Å²) in [5, 5.41) is 0. The van der Waals surface area contributed by atoms with Gasteiger partial charge in [-0.2, -0.15) is 0 Å². The summed E-state index contributed by atoms with van der Waals surface area (Å²) >= 11 is 0. The molecule has 144 valence electrons. The second-order valence-electron chi connectivity index (χ2n) is 7.07. The van der Waals surface area contributed by atoms with Gasteiger partial charge < -0.3 is 9.30 Å². The van der Waals surface area contributed by atoms with Gasteiger partial charge in [-0.05, 0) is 61.3 Å². The Hall–Kier alpha value is -2.99. The summed E-state index contributed by atoms with van der Waals surface area (Å²) in [4.78, 5) is 18.4. The average molecular weight is 379 g/mol. The number of likely N-dealkylation sites (tertiary alicyclic amines) is 1. The van der Waals surface area contributed by atoms with E-state index in [1.807, 2.05) is 12.1 Å². The molecule has 0 radical (unpaired) electrons. The highest BCUT2D eigenvalue weighted by Crippen LogP contribution is 2.28. The first-order chi connectivity index (χ1) is 13.6. The van der Waals surface area contributed by atoms with Crippen LogP contribution in [0.1, 0.15) is 18.4 Å². The first-order valence-electron chi connectivity index (χ1n) is 9.41. The van der Waals surface area contributed by atoms with E-state index in [4.69, 9.17) is 4.74 Å². The molecule has 0 atom stereocenters. The summed E-state index contributed by atoms with van der Waals surface area (Å²) in [6, 6.07) is 12.3. The number of ether oxygens (including phenoxy) is 1. The van der Waals surface area contributed by atoms with Gasteiger partial charge in [-0.1, -0.05) is 18.2 Å². The lowest BCUT2D eigenvalue weighted by Gasteiger charge is -2.15. The van der Waals surface area contributed by atoms with Crippen molar-refractivity contribution in [1.29, 1.82) is 0 Å². The Morgan fingerprint density at radius 1 is 1.11 bits per heavy atom. The van der Waals surface area contributed by atoms with E-state index in [1.54, 1.807) is 37.5 Å². The SMILES string of the molecule is Cn1ccnc(Oc2ccc(-c3cc(CN4CCCC4)ccc3F)cc2)c1=O. The molecule has 1 fully saturated rings. The molecule has 1 aliphatic heterocycles. The minimum Gasteiger partial charge on any atom is -0.435 e. The van der Waals surface area contributed by atoms with Crippen molar-refractivity contribution >= 4 is 0 Å². The molecule has 3 aromatic rings. The van der Waals surface area contributed by atoms with Gasteiger partial charge in [0.15, 0.2) is 0 Å². The topological polar surface area (TPSA) is 47.4 Å². The quantitative estimate of drug-likeness (QED) is 0.673. The summed E-state index contributed by atoms with van der Waals surface area (Å²) < 4.78 is 21.4. The average Bonchev–Trinajstić information content (AvgIpc) is 3.21. The van der Waals surface area contributed by atoms with Gasteiger partial charge in [0.25, 0.3) is 5.88 Å². The summed E-state index contributed by atoms with van der Waals surface area (Å²) in [6.07, 6.45) is 5.53. The van der Waals surface area contributed by atoms with E-state index in [-0.39, 0.29) is 17.3 Å². The maximum atomic E-state index is 14.4. The lowest BCUT2D eigenvalue weighted by atomic mass is 10.0.